The molecular weight excluding hydrogens is 612 g/mol. The van der Waals surface area contributed by atoms with Crippen LogP contribution in [-0.4, -0.2) is 37.1 Å². The Morgan fingerprint density at radius 1 is 0.604 bits per heavy atom. The van der Waals surface area contributed by atoms with Crippen LogP contribution in [0.4, 0.5) is 11.4 Å². The molecule has 0 bridgehead atoms. The van der Waals surface area contributed by atoms with Gasteiger partial charge in [0.1, 0.15) is 11.5 Å². The van der Waals surface area contributed by atoms with Gasteiger partial charge in [-0.1, -0.05) is 64.0 Å². The topological polar surface area (TPSA) is 157 Å². The maximum absolute atomic E-state index is 12.4. The van der Waals surface area contributed by atoms with Gasteiger partial charge in [0.2, 0.25) is 0 Å². The molecule has 0 heterocycles. The molecule has 0 spiro atoms. The van der Waals surface area contributed by atoms with Crippen molar-refractivity contribution < 1.29 is 38.1 Å². The summed E-state index contributed by atoms with van der Waals surface area (Å²) in [6.45, 7) is 2.78. The van der Waals surface area contributed by atoms with Crippen LogP contribution in [0.1, 0.15) is 104 Å². The van der Waals surface area contributed by atoms with Crippen LogP contribution in [0.15, 0.2) is 72.8 Å². The molecule has 4 N–H and O–H groups in total. The number of ether oxygens (including phenoxy) is 4. The van der Waals surface area contributed by atoms with Crippen molar-refractivity contribution in [1.29, 1.82) is 0 Å². The van der Waals surface area contributed by atoms with Crippen LogP contribution in [-0.2, 0) is 19.1 Å². The number of benzene rings is 3. The van der Waals surface area contributed by atoms with E-state index in [1.807, 2.05) is 0 Å². The minimum atomic E-state index is -0.567. The van der Waals surface area contributed by atoms with Gasteiger partial charge < -0.3 is 30.4 Å². The Bertz CT molecular complexity index is 1480. The van der Waals surface area contributed by atoms with E-state index in [4.69, 9.17) is 30.4 Å². The molecule has 0 saturated carbocycles. The van der Waals surface area contributed by atoms with Crippen LogP contribution in [0.5, 0.6) is 11.5 Å². The molecule has 256 valence electrons. The number of esters is 4. The molecule has 0 aliphatic carbocycles. The summed E-state index contributed by atoms with van der Waals surface area (Å²) in [6, 6.07) is 17.7. The summed E-state index contributed by atoms with van der Waals surface area (Å²) in [5, 5.41) is 0. The standard InChI is InChI=1S/C38H46N2O8/c1-2-3-4-9-12-35(41)47-33-18-20-34(21-19-33)48-36(42)22-15-28-13-16-29(17-14-28)37(43)45-23-10-7-5-6-8-11-24-46-38(44)30-25-31(39)27-32(40)26-30/h13-22,25-27H,2-12,23-24,39-40H2,1H3. The molecule has 3 aromatic carbocycles. The first-order chi connectivity index (χ1) is 23.2. The Morgan fingerprint density at radius 2 is 1.12 bits per heavy atom. The zero-order chi connectivity index (χ0) is 34.6. The van der Waals surface area contributed by atoms with Crippen LogP contribution in [0.2, 0.25) is 0 Å². The van der Waals surface area contributed by atoms with Crippen molar-refractivity contribution in [1.82, 2.24) is 0 Å². The highest BCUT2D eigenvalue weighted by Crippen LogP contribution is 2.19. The summed E-state index contributed by atoms with van der Waals surface area (Å²) in [5.41, 5.74) is 13.8. The number of carbonyl (C=O) groups excluding carboxylic acids is 4. The summed E-state index contributed by atoms with van der Waals surface area (Å²) in [5.74, 6) is -0.960. The summed E-state index contributed by atoms with van der Waals surface area (Å²) in [4.78, 5) is 48.7. The molecule has 0 radical (unpaired) electrons. The second-order valence-corrected chi connectivity index (χ2v) is 11.4. The first-order valence-corrected chi connectivity index (χ1v) is 16.5. The molecule has 0 saturated heterocycles. The highest BCUT2D eigenvalue weighted by atomic mass is 16.5. The fraction of sp³-hybridized carbons (Fsp3) is 0.368. The lowest BCUT2D eigenvalue weighted by Crippen LogP contribution is -2.08. The van der Waals surface area contributed by atoms with E-state index in [0.717, 1.165) is 64.2 Å². The summed E-state index contributed by atoms with van der Waals surface area (Å²) in [7, 11) is 0. The van der Waals surface area contributed by atoms with Crippen molar-refractivity contribution >= 4 is 41.3 Å². The number of hydrogen-bond donors (Lipinski definition) is 2. The average molecular weight is 659 g/mol. The summed E-state index contributed by atoms with van der Waals surface area (Å²) >= 11 is 0. The summed E-state index contributed by atoms with van der Waals surface area (Å²) < 4.78 is 21.3. The molecule has 0 unspecified atom stereocenters. The summed E-state index contributed by atoms with van der Waals surface area (Å²) in [6.07, 6.45) is 12.6. The van der Waals surface area contributed by atoms with Crippen molar-refractivity contribution in [2.24, 2.45) is 0 Å². The molecule has 10 nitrogen and oxygen atoms in total. The normalized spacial score (nSPS) is 10.9. The Hall–Kier alpha value is -5.12. The van der Waals surface area contributed by atoms with Gasteiger partial charge in [0, 0.05) is 23.9 Å². The molecule has 0 aromatic heterocycles. The second-order valence-electron chi connectivity index (χ2n) is 11.4. The molecular formula is C38H46N2O8. The maximum atomic E-state index is 12.4. The van der Waals surface area contributed by atoms with Crippen LogP contribution in [0.25, 0.3) is 6.08 Å². The molecule has 0 atom stereocenters. The van der Waals surface area contributed by atoms with E-state index in [9.17, 15) is 19.2 Å². The number of rotatable bonds is 20. The number of nitrogens with two attached hydrogens (primary N) is 2. The number of hydrogen-bond acceptors (Lipinski definition) is 10. The van der Waals surface area contributed by atoms with E-state index in [-0.39, 0.29) is 5.97 Å². The Morgan fingerprint density at radius 3 is 1.71 bits per heavy atom. The first-order valence-electron chi connectivity index (χ1n) is 16.5. The van der Waals surface area contributed by atoms with E-state index < -0.39 is 17.9 Å². The van der Waals surface area contributed by atoms with E-state index >= 15 is 0 Å². The zero-order valence-electron chi connectivity index (χ0n) is 27.6. The van der Waals surface area contributed by atoms with Gasteiger partial charge in [0.15, 0.2) is 0 Å². The van der Waals surface area contributed by atoms with Crippen molar-refractivity contribution in [3.63, 3.8) is 0 Å². The highest BCUT2D eigenvalue weighted by molar-refractivity contribution is 5.92. The minimum absolute atomic E-state index is 0.279. The van der Waals surface area contributed by atoms with Crippen LogP contribution in [0.3, 0.4) is 0 Å². The van der Waals surface area contributed by atoms with E-state index in [1.165, 1.54) is 6.08 Å². The fourth-order valence-electron chi connectivity index (χ4n) is 4.70. The minimum Gasteiger partial charge on any atom is -0.462 e. The van der Waals surface area contributed by atoms with Gasteiger partial charge in [-0.3, -0.25) is 4.79 Å². The quantitative estimate of drug-likeness (QED) is 0.0405. The fourth-order valence-corrected chi connectivity index (χ4v) is 4.70. The predicted molar refractivity (Wildman–Crippen MR) is 185 cm³/mol. The molecule has 0 amide bonds. The third-order valence-electron chi connectivity index (χ3n) is 7.28. The van der Waals surface area contributed by atoms with Crippen LogP contribution < -0.4 is 20.9 Å². The number of anilines is 2. The lowest BCUT2D eigenvalue weighted by molar-refractivity contribution is -0.134. The Balaban J connectivity index is 1.25. The predicted octanol–water partition coefficient (Wildman–Crippen LogP) is 7.70. The SMILES string of the molecule is CCCCCCC(=O)Oc1ccc(OC(=O)C=Cc2ccc(C(=O)OCCCCCCCCOC(=O)c3cc(N)cc(N)c3)cc2)cc1. The van der Waals surface area contributed by atoms with Crippen molar-refractivity contribution in [3.05, 3.63) is 89.5 Å². The van der Waals surface area contributed by atoms with Crippen LogP contribution in [0, 0.1) is 0 Å². The Labute approximate surface area is 282 Å². The van der Waals surface area contributed by atoms with Gasteiger partial charge in [0.25, 0.3) is 0 Å². The number of unbranched alkanes of at least 4 members (excludes halogenated alkanes) is 8. The van der Waals surface area contributed by atoms with Gasteiger partial charge in [-0.15, -0.1) is 0 Å². The maximum Gasteiger partial charge on any atom is 0.338 e. The molecule has 10 heteroatoms. The first kappa shape index (κ1) is 37.3. The largest absolute Gasteiger partial charge is 0.462 e. The van der Waals surface area contributed by atoms with Crippen molar-refractivity contribution in [2.45, 2.75) is 77.6 Å². The zero-order valence-corrected chi connectivity index (χ0v) is 27.6. The van der Waals surface area contributed by atoms with Gasteiger partial charge in [-0.2, -0.15) is 0 Å². The van der Waals surface area contributed by atoms with Crippen LogP contribution >= 0.6 is 0 Å². The number of carbonyl (C=O) groups is 4. The third-order valence-corrected chi connectivity index (χ3v) is 7.28. The smallest absolute Gasteiger partial charge is 0.338 e. The molecule has 0 aliphatic heterocycles. The van der Waals surface area contributed by atoms with Gasteiger partial charge in [0.05, 0.1) is 24.3 Å². The molecule has 3 rings (SSSR count). The average Bonchev–Trinajstić information content (AvgIpc) is 3.07. The monoisotopic (exact) mass is 658 g/mol. The second kappa shape index (κ2) is 20.9. The lowest BCUT2D eigenvalue weighted by atomic mass is 10.1. The van der Waals surface area contributed by atoms with E-state index in [0.29, 0.717) is 59.2 Å². The van der Waals surface area contributed by atoms with E-state index in [1.54, 1.807) is 72.8 Å². The molecule has 0 fully saturated rings. The van der Waals surface area contributed by atoms with Gasteiger partial charge in [-0.05, 0) is 85.5 Å². The van der Waals surface area contributed by atoms with Gasteiger partial charge >= 0.3 is 23.9 Å². The van der Waals surface area contributed by atoms with Crippen molar-refractivity contribution in [2.75, 3.05) is 24.7 Å². The Kier molecular flexibility index (Phi) is 16.3. The molecule has 48 heavy (non-hydrogen) atoms. The molecule has 3 aromatic rings. The highest BCUT2D eigenvalue weighted by Gasteiger charge is 2.10. The van der Waals surface area contributed by atoms with Crippen molar-refractivity contribution in [3.8, 4) is 11.5 Å². The van der Waals surface area contributed by atoms with Gasteiger partial charge in [-0.25, -0.2) is 14.4 Å². The lowest BCUT2D eigenvalue weighted by Gasteiger charge is -2.07. The van der Waals surface area contributed by atoms with E-state index in [2.05, 4.69) is 6.92 Å². The molecule has 0 aliphatic rings. The third kappa shape index (κ3) is 14.5. The number of nitrogen functional groups attached to an aromatic ring is 2.